The van der Waals surface area contributed by atoms with Gasteiger partial charge in [-0.1, -0.05) is 6.07 Å². The lowest BCUT2D eigenvalue weighted by Gasteiger charge is -2.37. The average molecular weight is 631 g/mol. The molecule has 1 N–H and O–H groups in total. The fraction of sp³-hybridized carbons (Fsp3) is 0.419. The molecule has 2 aromatic rings. The topological polar surface area (TPSA) is 102 Å². The summed E-state index contributed by atoms with van der Waals surface area (Å²) in [5.41, 5.74) is 4.00. The third kappa shape index (κ3) is 6.23. The van der Waals surface area contributed by atoms with Gasteiger partial charge in [0.2, 0.25) is 0 Å². The third-order valence-corrected chi connectivity index (χ3v) is 7.97. The lowest BCUT2D eigenvalue weighted by atomic mass is 9.71. The molecule has 9 nitrogen and oxygen atoms in total. The Morgan fingerprint density at radius 2 is 1.63 bits per heavy atom. The second-order valence-corrected chi connectivity index (χ2v) is 10.6. The Morgan fingerprint density at radius 3 is 2.29 bits per heavy atom. The Balaban J connectivity index is 1.79. The van der Waals surface area contributed by atoms with Crippen molar-refractivity contribution in [2.45, 2.75) is 38.5 Å². The van der Waals surface area contributed by atoms with Crippen LogP contribution >= 0.6 is 15.9 Å². The van der Waals surface area contributed by atoms with E-state index >= 15 is 0 Å². The molecule has 2 aromatic carbocycles. The van der Waals surface area contributed by atoms with Crippen molar-refractivity contribution >= 4 is 27.7 Å². The quantitative estimate of drug-likeness (QED) is 0.258. The highest BCUT2D eigenvalue weighted by Gasteiger charge is 2.42. The van der Waals surface area contributed by atoms with E-state index in [9.17, 15) is 9.59 Å². The number of hydrogen-bond acceptors (Lipinski definition) is 9. The minimum Gasteiger partial charge on any atom is -0.493 e. The van der Waals surface area contributed by atoms with Gasteiger partial charge in [0.15, 0.2) is 28.8 Å². The number of benzene rings is 2. The predicted molar refractivity (Wildman–Crippen MR) is 157 cm³/mol. The van der Waals surface area contributed by atoms with Gasteiger partial charge in [0, 0.05) is 35.9 Å². The van der Waals surface area contributed by atoms with Crippen LogP contribution in [-0.4, -0.2) is 60.0 Å². The molecule has 0 aromatic heterocycles. The minimum atomic E-state index is -0.666. The van der Waals surface area contributed by atoms with Crippen LogP contribution in [0.25, 0.3) is 0 Å². The summed E-state index contributed by atoms with van der Waals surface area (Å²) in [6.45, 7) is 4.62. The number of Topliss-reactive ketones (excluding diaryl/α,β-unsaturated/α-hetero) is 1. The molecule has 0 amide bonds. The van der Waals surface area contributed by atoms with Gasteiger partial charge >= 0.3 is 5.97 Å². The number of allylic oxidation sites excluding steroid dienone is 3. The van der Waals surface area contributed by atoms with Gasteiger partial charge in [-0.15, -0.1) is 0 Å². The van der Waals surface area contributed by atoms with Crippen molar-refractivity contribution in [1.29, 1.82) is 0 Å². The molecule has 1 heterocycles. The van der Waals surface area contributed by atoms with Crippen molar-refractivity contribution in [2.75, 3.05) is 48.3 Å². The third-order valence-electron chi connectivity index (χ3n) is 7.38. The molecule has 0 bridgehead atoms. The number of halogens is 1. The van der Waals surface area contributed by atoms with Crippen LogP contribution in [0.1, 0.15) is 49.7 Å². The van der Waals surface area contributed by atoms with Gasteiger partial charge in [-0.2, -0.15) is 0 Å². The molecule has 0 saturated carbocycles. The van der Waals surface area contributed by atoms with E-state index in [4.69, 9.17) is 28.4 Å². The van der Waals surface area contributed by atoms with Crippen LogP contribution < -0.4 is 24.3 Å². The van der Waals surface area contributed by atoms with Crippen LogP contribution in [0.2, 0.25) is 0 Å². The van der Waals surface area contributed by atoms with Gasteiger partial charge < -0.3 is 33.7 Å². The van der Waals surface area contributed by atoms with E-state index in [1.165, 1.54) is 0 Å². The molecular weight excluding hydrogens is 594 g/mol. The summed E-state index contributed by atoms with van der Waals surface area (Å²) < 4.78 is 33.6. The van der Waals surface area contributed by atoms with Crippen LogP contribution in [0, 0.1) is 0 Å². The zero-order chi connectivity index (χ0) is 29.7. The van der Waals surface area contributed by atoms with Crippen molar-refractivity contribution in [3.8, 4) is 23.0 Å². The lowest BCUT2D eigenvalue weighted by Crippen LogP contribution is -2.36. The Morgan fingerprint density at radius 1 is 0.927 bits per heavy atom. The molecule has 10 heteroatoms. The Labute approximate surface area is 248 Å². The average Bonchev–Trinajstić information content (AvgIpc) is 2.97. The maximum atomic E-state index is 14.0. The molecule has 0 fully saturated rings. The Hall–Kier alpha value is -3.50. The highest BCUT2D eigenvalue weighted by Crippen LogP contribution is 2.49. The molecule has 0 radical (unpaired) electrons. The van der Waals surface area contributed by atoms with E-state index < -0.39 is 11.9 Å². The van der Waals surface area contributed by atoms with E-state index in [1.54, 1.807) is 34.5 Å². The maximum absolute atomic E-state index is 14.0. The first-order valence-corrected chi connectivity index (χ1v) is 14.2. The Kier molecular flexibility index (Phi) is 9.99. The van der Waals surface area contributed by atoms with Crippen LogP contribution in [-0.2, 0) is 19.1 Å². The van der Waals surface area contributed by atoms with Crippen molar-refractivity contribution in [2.24, 2.45) is 0 Å². The standard InChI is InChI=1S/C31H36BrNO8/c1-7-40-10-11-41-31(35)27-17(2)33-22-13-19(18-8-9-24(36-3)25(15-18)37-4)14-23(34)29(22)28(27)20-12-21(32)30(39-6)26(16-20)38-5/h8-9,12,15-16,19,28,33H,7,10-11,13-14H2,1-6H3/t19-,28+/m0/s1. The molecular formula is C31H36BrNO8. The first-order valence-electron chi connectivity index (χ1n) is 13.4. The number of methoxy groups -OCH3 is 4. The summed E-state index contributed by atoms with van der Waals surface area (Å²) in [5.74, 6) is 0.915. The molecule has 2 aliphatic rings. The molecule has 41 heavy (non-hydrogen) atoms. The number of rotatable bonds is 11. The van der Waals surface area contributed by atoms with Gasteiger partial charge in [-0.25, -0.2) is 4.79 Å². The molecule has 2 atom stereocenters. The van der Waals surface area contributed by atoms with Crippen molar-refractivity contribution in [1.82, 2.24) is 5.32 Å². The predicted octanol–water partition coefficient (Wildman–Crippen LogP) is 5.42. The largest absolute Gasteiger partial charge is 0.493 e. The highest BCUT2D eigenvalue weighted by molar-refractivity contribution is 9.10. The summed E-state index contributed by atoms with van der Waals surface area (Å²) in [4.78, 5) is 27.5. The van der Waals surface area contributed by atoms with E-state index in [2.05, 4.69) is 21.2 Å². The van der Waals surface area contributed by atoms with Gasteiger partial charge in [0.05, 0.1) is 45.1 Å². The van der Waals surface area contributed by atoms with Crippen LogP contribution in [0.4, 0.5) is 0 Å². The molecule has 220 valence electrons. The lowest BCUT2D eigenvalue weighted by molar-refractivity contribution is -0.140. The van der Waals surface area contributed by atoms with Crippen LogP contribution in [0.5, 0.6) is 23.0 Å². The number of ether oxygens (including phenoxy) is 6. The van der Waals surface area contributed by atoms with Gasteiger partial charge in [-0.3, -0.25) is 4.79 Å². The summed E-state index contributed by atoms with van der Waals surface area (Å²) in [6.07, 6.45) is 0.845. The first kappa shape index (κ1) is 30.5. The van der Waals surface area contributed by atoms with Crippen LogP contribution in [0.3, 0.4) is 0 Å². The number of esters is 1. The molecule has 1 aliphatic heterocycles. The second kappa shape index (κ2) is 13.4. The molecule has 0 spiro atoms. The summed E-state index contributed by atoms with van der Waals surface area (Å²) >= 11 is 3.57. The van der Waals surface area contributed by atoms with Crippen molar-refractivity contribution in [3.63, 3.8) is 0 Å². The molecule has 4 rings (SSSR count). The number of carbonyl (C=O) groups excluding carboxylic acids is 2. The smallest absolute Gasteiger partial charge is 0.336 e. The van der Waals surface area contributed by atoms with E-state index in [1.807, 2.05) is 38.1 Å². The zero-order valence-electron chi connectivity index (χ0n) is 24.2. The normalized spacial score (nSPS) is 18.5. The fourth-order valence-corrected chi connectivity index (χ4v) is 6.13. The van der Waals surface area contributed by atoms with E-state index in [-0.39, 0.29) is 31.3 Å². The SMILES string of the molecule is CCOCCOC(=O)C1=C(C)NC2=C(C(=O)C[C@@H](c3ccc(OC)c(OC)c3)C2)[C@@H]1c1cc(Br)c(OC)c(OC)c1. The van der Waals surface area contributed by atoms with Crippen LogP contribution in [0.15, 0.2) is 57.3 Å². The number of ketones is 1. The van der Waals surface area contributed by atoms with Crippen molar-refractivity contribution in [3.05, 3.63) is 68.5 Å². The fourth-order valence-electron chi connectivity index (χ4n) is 5.51. The van der Waals surface area contributed by atoms with E-state index in [0.717, 1.165) is 11.3 Å². The summed E-state index contributed by atoms with van der Waals surface area (Å²) in [5, 5.41) is 3.38. The monoisotopic (exact) mass is 629 g/mol. The number of nitrogens with one attached hydrogen (secondary N) is 1. The van der Waals surface area contributed by atoms with Gasteiger partial charge in [-0.05, 0) is 77.5 Å². The first-order chi connectivity index (χ1) is 19.8. The zero-order valence-corrected chi connectivity index (χ0v) is 25.8. The summed E-state index contributed by atoms with van der Waals surface area (Å²) in [7, 11) is 6.28. The number of hydrogen-bond donors (Lipinski definition) is 1. The number of dihydropyridines is 1. The maximum Gasteiger partial charge on any atom is 0.336 e. The van der Waals surface area contributed by atoms with Gasteiger partial charge in [0.25, 0.3) is 0 Å². The molecule has 0 unspecified atom stereocenters. The Bertz CT molecular complexity index is 1380. The second-order valence-electron chi connectivity index (χ2n) is 9.70. The van der Waals surface area contributed by atoms with Crippen molar-refractivity contribution < 1.29 is 38.0 Å². The molecule has 0 saturated heterocycles. The molecule has 1 aliphatic carbocycles. The number of carbonyl (C=O) groups is 2. The summed E-state index contributed by atoms with van der Waals surface area (Å²) in [6, 6.07) is 9.38. The van der Waals surface area contributed by atoms with E-state index in [0.29, 0.717) is 62.9 Å². The minimum absolute atomic E-state index is 0.0541. The highest BCUT2D eigenvalue weighted by atomic mass is 79.9. The van der Waals surface area contributed by atoms with Gasteiger partial charge in [0.1, 0.15) is 6.61 Å².